The van der Waals surface area contributed by atoms with Crippen LogP contribution in [0.25, 0.3) is 22.0 Å². The minimum absolute atomic E-state index is 0.0681. The van der Waals surface area contributed by atoms with Crippen molar-refractivity contribution in [2.45, 2.75) is 13.3 Å². The van der Waals surface area contributed by atoms with Crippen molar-refractivity contribution in [3.05, 3.63) is 47.1 Å². The van der Waals surface area contributed by atoms with E-state index in [1.54, 1.807) is 12.1 Å². The zero-order valence-electron chi connectivity index (χ0n) is 11.5. The predicted molar refractivity (Wildman–Crippen MR) is 85.4 cm³/mol. The van der Waals surface area contributed by atoms with Crippen molar-refractivity contribution in [2.24, 2.45) is 0 Å². The molecular formula is C16H14ClN3O. The number of benzene rings is 2. The average Bonchev–Trinajstić information content (AvgIpc) is 2.48. The molecule has 0 aliphatic rings. The Labute approximate surface area is 127 Å². The van der Waals surface area contributed by atoms with Crippen molar-refractivity contribution in [3.63, 3.8) is 0 Å². The van der Waals surface area contributed by atoms with Gasteiger partial charge < -0.3 is 10.8 Å². The number of hydrogen-bond donors (Lipinski definition) is 2. The Balaban J connectivity index is 2.20. The fourth-order valence-electron chi connectivity index (χ4n) is 2.35. The molecule has 4 nitrogen and oxygen atoms in total. The maximum Gasteiger partial charge on any atom is 0.220 e. The topological polar surface area (TPSA) is 72.0 Å². The van der Waals surface area contributed by atoms with Crippen molar-refractivity contribution in [1.82, 2.24) is 9.97 Å². The smallest absolute Gasteiger partial charge is 0.220 e. The molecule has 0 aliphatic carbocycles. The summed E-state index contributed by atoms with van der Waals surface area (Å²) in [6.45, 7) is 2.03. The molecule has 0 bridgehead atoms. The molecule has 3 rings (SSSR count). The number of phenolic OH excluding ortho intramolecular Hbond substituents is 1. The minimum Gasteiger partial charge on any atom is -0.506 e. The molecule has 106 valence electrons. The molecule has 0 radical (unpaired) electrons. The number of halogens is 1. The first kappa shape index (κ1) is 13.6. The second-order valence-electron chi connectivity index (χ2n) is 4.78. The van der Waals surface area contributed by atoms with Gasteiger partial charge in [-0.25, -0.2) is 9.97 Å². The average molecular weight is 300 g/mol. The third-order valence-corrected chi connectivity index (χ3v) is 3.73. The summed E-state index contributed by atoms with van der Waals surface area (Å²) in [4.78, 5) is 8.53. The molecule has 0 fully saturated rings. The van der Waals surface area contributed by atoms with Crippen molar-refractivity contribution >= 4 is 28.5 Å². The Hall–Kier alpha value is -2.33. The lowest BCUT2D eigenvalue weighted by molar-refractivity contribution is 0.476. The standard InChI is InChI=1S/C16H14ClN3O/c1-2-13-11-7-9(4-6-14(11)20-16(18)19-13)10-3-5-12(17)15(21)8-10/h3-8,21H,2H2,1H3,(H2,18,19,20). The molecule has 5 heteroatoms. The van der Waals surface area contributed by atoms with E-state index in [2.05, 4.69) is 9.97 Å². The van der Waals surface area contributed by atoms with Crippen molar-refractivity contribution < 1.29 is 5.11 Å². The maximum absolute atomic E-state index is 9.74. The molecular weight excluding hydrogens is 286 g/mol. The van der Waals surface area contributed by atoms with Crippen molar-refractivity contribution in [3.8, 4) is 16.9 Å². The Kier molecular flexibility index (Phi) is 3.39. The maximum atomic E-state index is 9.74. The van der Waals surface area contributed by atoms with Gasteiger partial charge in [0.2, 0.25) is 5.95 Å². The monoisotopic (exact) mass is 299 g/mol. The van der Waals surface area contributed by atoms with Crippen LogP contribution >= 0.6 is 11.6 Å². The van der Waals surface area contributed by atoms with Crippen LogP contribution in [0.5, 0.6) is 5.75 Å². The summed E-state index contributed by atoms with van der Waals surface area (Å²) in [5.41, 5.74) is 9.31. The number of phenols is 1. The number of hydrogen-bond acceptors (Lipinski definition) is 4. The van der Waals surface area contributed by atoms with Crippen LogP contribution in [0.4, 0.5) is 5.95 Å². The van der Waals surface area contributed by atoms with Gasteiger partial charge in [0.05, 0.1) is 16.2 Å². The van der Waals surface area contributed by atoms with Gasteiger partial charge in [-0.15, -0.1) is 0 Å². The van der Waals surface area contributed by atoms with Gasteiger partial charge in [-0.2, -0.15) is 0 Å². The van der Waals surface area contributed by atoms with Gasteiger partial charge in [-0.3, -0.25) is 0 Å². The van der Waals surface area contributed by atoms with E-state index in [1.807, 2.05) is 31.2 Å². The lowest BCUT2D eigenvalue weighted by Gasteiger charge is -2.08. The van der Waals surface area contributed by atoms with E-state index in [-0.39, 0.29) is 11.7 Å². The van der Waals surface area contributed by atoms with Crippen molar-refractivity contribution in [2.75, 3.05) is 5.73 Å². The molecule has 0 spiro atoms. The number of anilines is 1. The Morgan fingerprint density at radius 1 is 1.10 bits per heavy atom. The first-order valence-corrected chi connectivity index (χ1v) is 7.01. The van der Waals surface area contributed by atoms with Crippen LogP contribution < -0.4 is 5.73 Å². The van der Waals surface area contributed by atoms with Crippen LogP contribution in [0.2, 0.25) is 5.02 Å². The number of nitrogens with zero attached hydrogens (tertiary/aromatic N) is 2. The van der Waals surface area contributed by atoms with Gasteiger partial charge in [0, 0.05) is 5.39 Å². The quantitative estimate of drug-likeness (QED) is 0.755. The second kappa shape index (κ2) is 5.22. The number of nitrogens with two attached hydrogens (primary N) is 1. The van der Waals surface area contributed by atoms with E-state index < -0.39 is 0 Å². The van der Waals surface area contributed by atoms with Crippen LogP contribution in [-0.2, 0) is 6.42 Å². The zero-order chi connectivity index (χ0) is 15.0. The number of aryl methyl sites for hydroxylation is 1. The molecule has 3 N–H and O–H groups in total. The van der Waals surface area contributed by atoms with E-state index in [4.69, 9.17) is 17.3 Å². The largest absolute Gasteiger partial charge is 0.506 e. The van der Waals surface area contributed by atoms with E-state index >= 15 is 0 Å². The van der Waals surface area contributed by atoms with Gasteiger partial charge in [0.15, 0.2) is 0 Å². The molecule has 0 atom stereocenters. The highest BCUT2D eigenvalue weighted by Gasteiger charge is 2.08. The van der Waals surface area contributed by atoms with Crippen LogP contribution in [0.1, 0.15) is 12.6 Å². The van der Waals surface area contributed by atoms with E-state index in [9.17, 15) is 5.11 Å². The summed E-state index contributed by atoms with van der Waals surface area (Å²) in [6.07, 6.45) is 0.776. The number of aromatic nitrogens is 2. The third-order valence-electron chi connectivity index (χ3n) is 3.41. The molecule has 0 aliphatic heterocycles. The normalized spacial score (nSPS) is 11.0. The van der Waals surface area contributed by atoms with Crippen LogP contribution in [-0.4, -0.2) is 15.1 Å². The Bertz CT molecular complexity index is 833. The first-order valence-electron chi connectivity index (χ1n) is 6.63. The summed E-state index contributed by atoms with van der Waals surface area (Å²) in [6, 6.07) is 11.1. The molecule has 1 heterocycles. The highest BCUT2D eigenvalue weighted by Crippen LogP contribution is 2.31. The molecule has 0 amide bonds. The lowest BCUT2D eigenvalue weighted by Crippen LogP contribution is -2.00. The van der Waals surface area contributed by atoms with E-state index in [1.165, 1.54) is 0 Å². The van der Waals surface area contributed by atoms with Gasteiger partial charge in [-0.1, -0.05) is 30.7 Å². The van der Waals surface area contributed by atoms with Gasteiger partial charge in [-0.05, 0) is 41.8 Å². The Morgan fingerprint density at radius 2 is 1.81 bits per heavy atom. The minimum atomic E-state index is 0.0681. The summed E-state index contributed by atoms with van der Waals surface area (Å²) in [5, 5.41) is 11.0. The summed E-state index contributed by atoms with van der Waals surface area (Å²) in [7, 11) is 0. The van der Waals surface area contributed by atoms with Gasteiger partial charge in [0.25, 0.3) is 0 Å². The molecule has 0 unspecified atom stereocenters. The molecule has 0 saturated carbocycles. The van der Waals surface area contributed by atoms with Crippen molar-refractivity contribution in [1.29, 1.82) is 0 Å². The summed E-state index contributed by atoms with van der Waals surface area (Å²) >= 11 is 5.84. The fourth-order valence-corrected chi connectivity index (χ4v) is 2.47. The van der Waals surface area contributed by atoms with E-state index in [0.717, 1.165) is 34.1 Å². The number of fused-ring (bicyclic) bond motifs is 1. The SMILES string of the molecule is CCc1nc(N)nc2ccc(-c3ccc(Cl)c(O)c3)cc12. The molecule has 1 aromatic heterocycles. The first-order chi connectivity index (χ1) is 10.1. The van der Waals surface area contributed by atoms with Crippen LogP contribution in [0.3, 0.4) is 0 Å². The number of aromatic hydroxyl groups is 1. The van der Waals surface area contributed by atoms with Crippen LogP contribution in [0, 0.1) is 0 Å². The summed E-state index contributed by atoms with van der Waals surface area (Å²) in [5.74, 6) is 0.356. The van der Waals surface area contributed by atoms with Gasteiger partial charge in [0.1, 0.15) is 5.75 Å². The Morgan fingerprint density at radius 3 is 2.52 bits per heavy atom. The third kappa shape index (κ3) is 2.50. The lowest BCUT2D eigenvalue weighted by atomic mass is 10.0. The van der Waals surface area contributed by atoms with Gasteiger partial charge >= 0.3 is 0 Å². The highest BCUT2D eigenvalue weighted by molar-refractivity contribution is 6.32. The number of rotatable bonds is 2. The molecule has 3 aromatic rings. The fraction of sp³-hybridized carbons (Fsp3) is 0.125. The van der Waals surface area contributed by atoms with Crippen LogP contribution in [0.15, 0.2) is 36.4 Å². The highest BCUT2D eigenvalue weighted by atomic mass is 35.5. The predicted octanol–water partition coefficient (Wildman–Crippen LogP) is 3.80. The van der Waals surface area contributed by atoms with E-state index in [0.29, 0.717) is 5.02 Å². The molecule has 0 saturated heterocycles. The zero-order valence-corrected chi connectivity index (χ0v) is 12.2. The second-order valence-corrected chi connectivity index (χ2v) is 5.19. The molecule has 21 heavy (non-hydrogen) atoms. The summed E-state index contributed by atoms with van der Waals surface area (Å²) < 4.78 is 0. The molecule has 2 aromatic carbocycles. The number of nitrogen functional groups attached to an aromatic ring is 1.